The molecule has 0 aromatic carbocycles. The van der Waals surface area contributed by atoms with E-state index < -0.39 is 27.4 Å². The second kappa shape index (κ2) is 5.49. The molecule has 1 amide bonds. The van der Waals surface area contributed by atoms with E-state index in [1.54, 1.807) is 0 Å². The number of aliphatic carboxylic acids is 1. The number of hydrogen-bond acceptors (Lipinski definition) is 5. The lowest BCUT2D eigenvalue weighted by Crippen LogP contribution is -2.59. The molecular formula is C12H16N2O6S. The lowest BCUT2D eigenvalue weighted by Gasteiger charge is -2.37. The second-order valence-electron chi connectivity index (χ2n) is 5.05. The van der Waals surface area contributed by atoms with Crippen molar-refractivity contribution in [1.29, 1.82) is 0 Å². The molecule has 0 radical (unpaired) electrons. The van der Waals surface area contributed by atoms with Crippen molar-refractivity contribution in [2.75, 3.05) is 6.26 Å². The van der Waals surface area contributed by atoms with Gasteiger partial charge in [0.25, 0.3) is 5.91 Å². The molecule has 1 heterocycles. The third kappa shape index (κ3) is 3.61. The number of carboxylic acid groups (broad SMARTS) is 1. The molecule has 8 nitrogen and oxygen atoms in total. The Morgan fingerprint density at radius 1 is 1.38 bits per heavy atom. The van der Waals surface area contributed by atoms with Crippen molar-refractivity contribution in [2.24, 2.45) is 0 Å². The van der Waals surface area contributed by atoms with Gasteiger partial charge in [-0.1, -0.05) is 0 Å². The van der Waals surface area contributed by atoms with Crippen molar-refractivity contribution in [3.63, 3.8) is 0 Å². The highest BCUT2D eigenvalue weighted by molar-refractivity contribution is 7.88. The van der Waals surface area contributed by atoms with Crippen LogP contribution in [0.1, 0.15) is 35.6 Å². The number of rotatable bonds is 6. The van der Waals surface area contributed by atoms with E-state index >= 15 is 0 Å². The summed E-state index contributed by atoms with van der Waals surface area (Å²) in [7, 11) is -3.36. The first-order valence-electron chi connectivity index (χ1n) is 6.31. The molecule has 0 spiro atoms. The predicted octanol–water partition coefficient (Wildman–Crippen LogP) is 0.0659. The Bertz CT molecular complexity index is 659. The van der Waals surface area contributed by atoms with E-state index in [0.29, 0.717) is 12.8 Å². The van der Waals surface area contributed by atoms with Gasteiger partial charge in [-0.25, -0.2) is 17.9 Å². The van der Waals surface area contributed by atoms with Crippen LogP contribution in [0.3, 0.4) is 0 Å². The molecule has 9 heteroatoms. The molecule has 2 rings (SSSR count). The molecule has 0 atom stereocenters. The van der Waals surface area contributed by atoms with Gasteiger partial charge in [-0.15, -0.1) is 0 Å². The molecule has 1 saturated carbocycles. The summed E-state index contributed by atoms with van der Waals surface area (Å²) in [6.45, 7) is -0.0732. The highest BCUT2D eigenvalue weighted by Gasteiger charge is 2.46. The monoisotopic (exact) mass is 316 g/mol. The van der Waals surface area contributed by atoms with Gasteiger partial charge in [-0.05, 0) is 31.4 Å². The van der Waals surface area contributed by atoms with Crippen LogP contribution in [0, 0.1) is 0 Å². The lowest BCUT2D eigenvalue weighted by atomic mass is 9.76. The first-order chi connectivity index (χ1) is 9.72. The fourth-order valence-electron chi connectivity index (χ4n) is 2.00. The molecule has 0 saturated heterocycles. The molecule has 1 aliphatic carbocycles. The summed E-state index contributed by atoms with van der Waals surface area (Å²) in [5, 5.41) is 11.6. The zero-order valence-electron chi connectivity index (χ0n) is 11.4. The number of carbonyl (C=O) groups excluding carboxylic acids is 1. The summed E-state index contributed by atoms with van der Waals surface area (Å²) in [5.74, 6) is -1.47. The van der Waals surface area contributed by atoms with Crippen molar-refractivity contribution < 1.29 is 27.5 Å². The Labute approximate surface area is 121 Å². The van der Waals surface area contributed by atoms with Gasteiger partial charge in [0.2, 0.25) is 10.0 Å². The number of sulfonamides is 1. The number of carboxylic acids is 1. The molecular weight excluding hydrogens is 300 g/mol. The first kappa shape index (κ1) is 15.5. The smallest absolute Gasteiger partial charge is 0.329 e. The Morgan fingerprint density at radius 3 is 2.52 bits per heavy atom. The molecule has 3 N–H and O–H groups in total. The fraction of sp³-hybridized carbons (Fsp3) is 0.500. The van der Waals surface area contributed by atoms with Gasteiger partial charge in [-0.2, -0.15) is 0 Å². The normalized spacial score (nSPS) is 17.0. The maximum atomic E-state index is 12.0. The molecule has 116 valence electrons. The van der Waals surface area contributed by atoms with Crippen LogP contribution in [0.25, 0.3) is 0 Å². The first-order valence-corrected chi connectivity index (χ1v) is 8.20. The third-order valence-electron chi connectivity index (χ3n) is 3.36. The Hall–Kier alpha value is -1.87. The number of amides is 1. The summed E-state index contributed by atoms with van der Waals surface area (Å²) in [5.41, 5.74) is -1.21. The summed E-state index contributed by atoms with van der Waals surface area (Å²) in [6, 6.07) is 2.84. The van der Waals surface area contributed by atoms with Crippen LogP contribution in [0.4, 0.5) is 0 Å². The molecule has 1 aromatic rings. The van der Waals surface area contributed by atoms with Gasteiger partial charge in [0.05, 0.1) is 12.8 Å². The van der Waals surface area contributed by atoms with E-state index in [2.05, 4.69) is 10.0 Å². The van der Waals surface area contributed by atoms with E-state index in [1.807, 2.05) is 0 Å². The van der Waals surface area contributed by atoms with Crippen LogP contribution < -0.4 is 10.0 Å². The zero-order valence-corrected chi connectivity index (χ0v) is 12.2. The maximum Gasteiger partial charge on any atom is 0.329 e. The summed E-state index contributed by atoms with van der Waals surface area (Å²) < 4.78 is 29.3. The van der Waals surface area contributed by atoms with Crippen LogP contribution in [-0.2, 0) is 21.4 Å². The van der Waals surface area contributed by atoms with Crippen molar-refractivity contribution in [3.8, 4) is 0 Å². The van der Waals surface area contributed by atoms with Gasteiger partial charge in [0, 0.05) is 0 Å². The zero-order chi connectivity index (χ0) is 15.7. The molecule has 21 heavy (non-hydrogen) atoms. The van der Waals surface area contributed by atoms with Crippen LogP contribution in [0.15, 0.2) is 16.5 Å². The molecule has 1 aliphatic rings. The van der Waals surface area contributed by atoms with Gasteiger partial charge in [0.15, 0.2) is 5.76 Å². The average molecular weight is 316 g/mol. The fourth-order valence-corrected chi connectivity index (χ4v) is 2.40. The Morgan fingerprint density at radius 2 is 2.05 bits per heavy atom. The molecule has 1 aromatic heterocycles. The SMILES string of the molecule is CS(=O)(=O)NCc1ccc(C(=O)NC2(C(=O)O)CCC2)o1. The predicted molar refractivity (Wildman–Crippen MR) is 72.1 cm³/mol. The van der Waals surface area contributed by atoms with Gasteiger partial charge in [0.1, 0.15) is 11.3 Å². The number of nitrogens with one attached hydrogen (secondary N) is 2. The van der Waals surface area contributed by atoms with Crippen LogP contribution in [0.5, 0.6) is 0 Å². The van der Waals surface area contributed by atoms with E-state index in [1.165, 1.54) is 12.1 Å². The van der Waals surface area contributed by atoms with Crippen molar-refractivity contribution in [1.82, 2.24) is 10.0 Å². The maximum absolute atomic E-state index is 12.0. The van der Waals surface area contributed by atoms with Crippen molar-refractivity contribution in [2.45, 2.75) is 31.3 Å². The lowest BCUT2D eigenvalue weighted by molar-refractivity contribution is -0.148. The van der Waals surface area contributed by atoms with Gasteiger partial charge in [-0.3, -0.25) is 4.79 Å². The minimum absolute atomic E-state index is 0.0483. The van der Waals surface area contributed by atoms with Gasteiger partial charge >= 0.3 is 5.97 Å². The number of furan rings is 1. The van der Waals surface area contributed by atoms with Crippen LogP contribution in [-0.4, -0.2) is 37.2 Å². The summed E-state index contributed by atoms with van der Waals surface area (Å²) in [4.78, 5) is 23.1. The molecule has 0 bridgehead atoms. The quantitative estimate of drug-likeness (QED) is 0.681. The van der Waals surface area contributed by atoms with E-state index in [-0.39, 0.29) is 18.1 Å². The third-order valence-corrected chi connectivity index (χ3v) is 4.03. The highest BCUT2D eigenvalue weighted by atomic mass is 32.2. The topological polar surface area (TPSA) is 126 Å². The van der Waals surface area contributed by atoms with Crippen LogP contribution in [0.2, 0.25) is 0 Å². The molecule has 0 unspecified atom stereocenters. The molecule has 0 aliphatic heterocycles. The van der Waals surface area contributed by atoms with E-state index in [0.717, 1.165) is 12.7 Å². The average Bonchev–Trinajstić information content (AvgIpc) is 2.78. The second-order valence-corrected chi connectivity index (χ2v) is 6.89. The number of carbonyl (C=O) groups is 2. The Kier molecular flexibility index (Phi) is 4.06. The standard InChI is InChI=1S/C12H16N2O6S/c1-21(18,19)13-7-8-3-4-9(20-8)10(15)14-12(11(16)17)5-2-6-12/h3-4,13H,2,5-7H2,1H3,(H,14,15)(H,16,17). The molecule has 1 fully saturated rings. The van der Waals surface area contributed by atoms with E-state index in [4.69, 9.17) is 9.52 Å². The Balaban J connectivity index is 2.01. The summed E-state index contributed by atoms with van der Waals surface area (Å²) in [6.07, 6.45) is 2.53. The summed E-state index contributed by atoms with van der Waals surface area (Å²) >= 11 is 0. The van der Waals surface area contributed by atoms with Gasteiger partial charge < -0.3 is 14.8 Å². The minimum Gasteiger partial charge on any atom is -0.480 e. The minimum atomic E-state index is -3.36. The largest absolute Gasteiger partial charge is 0.480 e. The van der Waals surface area contributed by atoms with E-state index in [9.17, 15) is 18.0 Å². The highest BCUT2D eigenvalue weighted by Crippen LogP contribution is 2.32. The number of hydrogen-bond donors (Lipinski definition) is 3. The van der Waals surface area contributed by atoms with Crippen molar-refractivity contribution >= 4 is 21.9 Å². The van der Waals surface area contributed by atoms with Crippen molar-refractivity contribution in [3.05, 3.63) is 23.7 Å². The van der Waals surface area contributed by atoms with Crippen LogP contribution >= 0.6 is 0 Å².